The standard InChI is InChI=1S/C16H21N3O3.C15H22N4.C15H20N3O.3C15H21N3.Na/c1-11-8-14-13(9-17-11)18-15(22-16(20)21-2)19(14)10-12-6-4-3-5-7-12;1-11-8-14-13(9-17-11)18-15(16-2)19(14)10-12-6-4-3-5-7-12;1-2-19-15-17-13-10-16-9-8-14(13)18(15)11-12-6-4-3-5-7-12;3*1-11-8-15-14(9-16-11)17-12(2)18(15)10-13-6-4-3-5-7-13;/h8-9,12H,3-7,10H2,1-2H3;8-9,12H,3-7,10H2,1-2H3,(H,16,18);8,10,12H,2-7,11H2,1H3;3*8-9,13H,3-7,10H2,1-2H3;/q;;-1;;;;+1. The van der Waals surface area contributed by atoms with Gasteiger partial charge < -0.3 is 47.3 Å². The van der Waals surface area contributed by atoms with E-state index in [-0.39, 0.29) is 29.6 Å². The fourth-order valence-corrected chi connectivity index (χ4v) is 18.5. The number of ether oxygens (including phenoxy) is 3. The number of nitrogens with zero attached hydrogens (tertiary/aromatic N) is 18. The third-order valence-electron chi connectivity index (χ3n) is 24.7. The third-order valence-corrected chi connectivity index (χ3v) is 24.7. The Kier molecular flexibility index (Phi) is 31.5. The van der Waals surface area contributed by atoms with Crippen LogP contribution in [0, 0.1) is 97.1 Å². The topological polar surface area (TPSA) is 241 Å². The smallest absolute Gasteiger partial charge is 0.466 e. The van der Waals surface area contributed by atoms with Crippen LogP contribution in [0.1, 0.15) is 245 Å². The van der Waals surface area contributed by atoms with Crippen LogP contribution in [0.5, 0.6) is 12.0 Å². The van der Waals surface area contributed by atoms with Gasteiger partial charge >= 0.3 is 41.7 Å². The van der Waals surface area contributed by atoms with Gasteiger partial charge in [-0.25, -0.2) is 29.7 Å². The van der Waals surface area contributed by atoms with E-state index in [0.29, 0.717) is 18.5 Å². The Morgan fingerprint density at radius 1 is 0.374 bits per heavy atom. The van der Waals surface area contributed by atoms with E-state index in [9.17, 15) is 4.79 Å². The van der Waals surface area contributed by atoms with Crippen molar-refractivity contribution in [3.05, 3.63) is 126 Å². The molecule has 1 N–H and O–H groups in total. The minimum atomic E-state index is -0.745. The number of pyridine rings is 6. The molecule has 6 aliphatic rings. The Bertz CT molecular complexity index is 4830. The minimum Gasteiger partial charge on any atom is -0.466 e. The summed E-state index contributed by atoms with van der Waals surface area (Å²) in [6.45, 7) is 25.4. The number of hydrogen-bond acceptors (Lipinski definition) is 17. The molecule has 0 radical (unpaired) electrons. The molecule has 12 aromatic heterocycles. The first-order chi connectivity index (χ1) is 55.5. The molecule has 12 aromatic rings. The fraction of sp³-hybridized carbons (Fsp3) is 0.593. The van der Waals surface area contributed by atoms with Gasteiger partial charge in [0.25, 0.3) is 6.01 Å². The summed E-state index contributed by atoms with van der Waals surface area (Å²) in [7, 11) is 3.24. The Labute approximate surface area is 702 Å². The number of nitrogens with one attached hydrogen (secondary N) is 1. The van der Waals surface area contributed by atoms with Crippen LogP contribution in [0.4, 0.5) is 10.7 Å². The number of carbonyl (C=O) groups excluding carboxylic acids is 1. The van der Waals surface area contributed by atoms with Crippen LogP contribution >= 0.6 is 0 Å². The van der Waals surface area contributed by atoms with Gasteiger partial charge in [0.15, 0.2) is 0 Å². The largest absolute Gasteiger partial charge is 1.00 e. The number of hydrogen-bond donors (Lipinski definition) is 1. The van der Waals surface area contributed by atoms with Crippen molar-refractivity contribution >= 4 is 78.3 Å². The van der Waals surface area contributed by atoms with Crippen molar-refractivity contribution in [1.29, 1.82) is 0 Å². The third kappa shape index (κ3) is 22.9. The molecule has 23 nitrogen and oxygen atoms in total. The van der Waals surface area contributed by atoms with Crippen molar-refractivity contribution in [1.82, 2.24) is 87.2 Å². The normalized spacial score (nSPS) is 16.8. The van der Waals surface area contributed by atoms with Gasteiger partial charge in [-0.15, -0.1) is 6.07 Å². The average molecular weight is 1570 g/mol. The first-order valence-corrected chi connectivity index (χ1v) is 43.4. The molecule has 115 heavy (non-hydrogen) atoms. The molecule has 6 saturated carbocycles. The number of methoxy groups -OCH3 is 1. The number of rotatable bonds is 16. The molecule has 12 heterocycles. The summed E-state index contributed by atoms with van der Waals surface area (Å²) < 4.78 is 29.2. The van der Waals surface area contributed by atoms with Crippen LogP contribution in [0.15, 0.2) is 73.6 Å². The SMILES string of the molecule is CCOc1nc2cn[c-]cc2n1CC1CCCCC1.CNc1nc2cnc(C)cc2n1CC1CCCCC1.COC(=O)Oc1nc2cnc(C)cc2n1CC1CCCCC1.Cc1cc2c(cn1)nc(C)n2CC1CCCCC1.Cc1cc2c(cn1)nc(C)n2CC1CCCCC1.Cc1cc2c(cn1)nc(C)n2CC1CCCCC1.[Na+]. The van der Waals surface area contributed by atoms with Crippen molar-refractivity contribution in [3.8, 4) is 12.0 Å². The number of imidazole rings is 6. The fourth-order valence-electron chi connectivity index (χ4n) is 18.5. The van der Waals surface area contributed by atoms with Crippen LogP contribution in [0.25, 0.3) is 66.2 Å². The molecule has 0 spiro atoms. The van der Waals surface area contributed by atoms with Crippen LogP contribution in [-0.4, -0.2) is 114 Å². The van der Waals surface area contributed by atoms with Crippen molar-refractivity contribution < 1.29 is 48.6 Å². The maximum Gasteiger partial charge on any atom is 1.00 e. The van der Waals surface area contributed by atoms with E-state index in [2.05, 4.69) is 144 Å². The predicted molar refractivity (Wildman–Crippen MR) is 455 cm³/mol. The van der Waals surface area contributed by atoms with Gasteiger partial charge in [0.2, 0.25) is 5.95 Å². The van der Waals surface area contributed by atoms with Gasteiger partial charge in [-0.2, -0.15) is 4.98 Å². The summed E-state index contributed by atoms with van der Waals surface area (Å²) in [6, 6.07) is 13.5. The van der Waals surface area contributed by atoms with E-state index in [1.54, 1.807) is 12.4 Å². The molecule has 18 rings (SSSR count). The zero-order valence-electron chi connectivity index (χ0n) is 71.2. The summed E-state index contributed by atoms with van der Waals surface area (Å²) in [5, 5.41) is 3.22. The zero-order chi connectivity index (χ0) is 79.5. The Morgan fingerprint density at radius 2 is 0.652 bits per heavy atom. The van der Waals surface area contributed by atoms with E-state index < -0.39 is 6.16 Å². The van der Waals surface area contributed by atoms with Crippen molar-refractivity contribution in [3.63, 3.8) is 0 Å². The van der Waals surface area contributed by atoms with Gasteiger partial charge in [-0.05, 0) is 211 Å². The minimum absolute atomic E-state index is 0. The summed E-state index contributed by atoms with van der Waals surface area (Å²) in [6.07, 6.45) is 54.0. The molecule has 6 aliphatic carbocycles. The molecule has 0 saturated heterocycles. The van der Waals surface area contributed by atoms with Gasteiger partial charge in [-0.1, -0.05) is 128 Å². The molecule has 0 bridgehead atoms. The second-order valence-electron chi connectivity index (χ2n) is 33.5. The molecule has 0 aromatic carbocycles. The Balaban J connectivity index is 0.000000127. The Hall–Kier alpha value is -8.41. The van der Waals surface area contributed by atoms with Crippen molar-refractivity contribution in [2.24, 2.45) is 35.5 Å². The van der Waals surface area contributed by atoms with Crippen molar-refractivity contribution in [2.45, 2.75) is 294 Å². The second kappa shape index (κ2) is 42.1. The molecule has 0 atom stereocenters. The molecular weight excluding hydrogens is 1450 g/mol. The number of carbonyl (C=O) groups is 1. The van der Waals surface area contributed by atoms with E-state index in [1.807, 2.05) is 90.1 Å². The van der Waals surface area contributed by atoms with Gasteiger partial charge in [-0.3, -0.25) is 29.5 Å². The Morgan fingerprint density at radius 3 is 0.983 bits per heavy atom. The van der Waals surface area contributed by atoms with Crippen LogP contribution in [0.2, 0.25) is 0 Å². The second-order valence-corrected chi connectivity index (χ2v) is 33.5. The maximum atomic E-state index is 11.5. The summed E-state index contributed by atoms with van der Waals surface area (Å²) >= 11 is 0. The maximum absolute atomic E-state index is 11.5. The van der Waals surface area contributed by atoms with Crippen LogP contribution < -0.4 is 44.3 Å². The molecule has 0 unspecified atom stereocenters. The number of anilines is 1. The summed E-state index contributed by atoms with van der Waals surface area (Å²) in [5.41, 5.74) is 18.0. The molecular formula is C91H126N19NaO4. The van der Waals surface area contributed by atoms with Gasteiger partial charge in [0, 0.05) is 80.3 Å². The van der Waals surface area contributed by atoms with Crippen molar-refractivity contribution in [2.75, 3.05) is 26.1 Å². The first kappa shape index (κ1) is 85.9. The van der Waals surface area contributed by atoms with Gasteiger partial charge in [0.05, 0.1) is 72.3 Å². The number of aromatic nitrogens is 18. The summed E-state index contributed by atoms with van der Waals surface area (Å²) in [4.78, 5) is 64.5. The average Bonchev–Trinajstić information content (AvgIpc) is 1.71. The molecule has 0 aliphatic heterocycles. The van der Waals surface area contributed by atoms with E-state index in [4.69, 9.17) is 9.47 Å². The van der Waals surface area contributed by atoms with Gasteiger partial charge in [0.1, 0.15) is 45.1 Å². The molecule has 0 amide bonds. The zero-order valence-corrected chi connectivity index (χ0v) is 73.2. The summed E-state index contributed by atoms with van der Waals surface area (Å²) in [5.74, 6) is 9.00. The van der Waals surface area contributed by atoms with Crippen LogP contribution in [-0.2, 0) is 44.0 Å². The number of fused-ring (bicyclic) bond motifs is 6. The quantitative estimate of drug-likeness (QED) is 0.0537. The monoisotopic (exact) mass is 1570 g/mol. The predicted octanol–water partition coefficient (Wildman–Crippen LogP) is 17.9. The molecule has 24 heteroatoms. The van der Waals surface area contributed by atoms with E-state index >= 15 is 0 Å². The molecule has 6 fully saturated rings. The van der Waals surface area contributed by atoms with Crippen LogP contribution in [0.3, 0.4) is 0 Å². The van der Waals surface area contributed by atoms with E-state index in [1.165, 1.54) is 222 Å². The number of aryl methyl sites for hydroxylation is 8. The first-order valence-electron chi connectivity index (χ1n) is 43.4. The molecule has 610 valence electrons. The van der Waals surface area contributed by atoms with E-state index in [0.717, 1.165) is 171 Å².